The van der Waals surface area contributed by atoms with Crippen molar-refractivity contribution in [1.82, 2.24) is 10.2 Å². The van der Waals surface area contributed by atoms with Crippen LogP contribution in [0.25, 0.3) is 0 Å². The molecule has 2 atom stereocenters. The van der Waals surface area contributed by atoms with Crippen LogP contribution < -0.4 is 5.32 Å². The Kier molecular flexibility index (Phi) is 3.45. The van der Waals surface area contributed by atoms with Crippen LogP contribution in [0.2, 0.25) is 0 Å². The third-order valence-corrected chi connectivity index (χ3v) is 3.75. The molecule has 0 aliphatic heterocycles. The van der Waals surface area contributed by atoms with Gasteiger partial charge >= 0.3 is 0 Å². The molecule has 0 radical (unpaired) electrons. The van der Waals surface area contributed by atoms with Gasteiger partial charge in [-0.15, -0.1) is 0 Å². The number of likely N-dealkylation sites (N-methyl/N-ethyl adjacent to an activating group) is 2. The van der Waals surface area contributed by atoms with Crippen LogP contribution in [0.4, 0.5) is 0 Å². The fourth-order valence-electron chi connectivity index (χ4n) is 3.01. The van der Waals surface area contributed by atoms with Gasteiger partial charge in [-0.25, -0.2) is 0 Å². The minimum Gasteiger partial charge on any atom is -0.313 e. The maximum atomic E-state index is 3.65. The maximum Gasteiger partial charge on any atom is 0.0252 e. The zero-order valence-corrected chi connectivity index (χ0v) is 9.63. The quantitative estimate of drug-likeness (QED) is 0.723. The third kappa shape index (κ3) is 2.12. The fraction of sp³-hybridized carbons (Fsp3) is 1.00. The molecule has 0 aromatic heterocycles. The van der Waals surface area contributed by atoms with Gasteiger partial charge in [-0.3, -0.25) is 4.90 Å². The van der Waals surface area contributed by atoms with E-state index in [0.29, 0.717) is 0 Å². The van der Waals surface area contributed by atoms with Crippen molar-refractivity contribution in [3.63, 3.8) is 0 Å². The second-order valence-corrected chi connectivity index (χ2v) is 4.72. The van der Waals surface area contributed by atoms with Crippen molar-refractivity contribution in [2.45, 2.75) is 64.1 Å². The molecule has 0 amide bonds. The summed E-state index contributed by atoms with van der Waals surface area (Å²) in [7, 11) is 0. The summed E-state index contributed by atoms with van der Waals surface area (Å²) < 4.78 is 0. The molecule has 2 rings (SSSR count). The molecular formula is C12H24N2. The molecule has 0 aromatic carbocycles. The molecule has 0 aromatic rings. The van der Waals surface area contributed by atoms with Crippen LogP contribution in [0, 0.1) is 0 Å². The molecular weight excluding hydrogens is 172 g/mol. The van der Waals surface area contributed by atoms with Gasteiger partial charge in [0.05, 0.1) is 0 Å². The highest BCUT2D eigenvalue weighted by Gasteiger charge is 2.38. The van der Waals surface area contributed by atoms with Crippen molar-refractivity contribution in [3.05, 3.63) is 0 Å². The second kappa shape index (κ2) is 4.63. The smallest absolute Gasteiger partial charge is 0.0252 e. The molecule has 2 unspecified atom stereocenters. The molecule has 2 aliphatic carbocycles. The fourth-order valence-corrected chi connectivity index (χ4v) is 3.01. The van der Waals surface area contributed by atoms with E-state index in [1.165, 1.54) is 38.6 Å². The van der Waals surface area contributed by atoms with Crippen LogP contribution in [0.15, 0.2) is 0 Å². The SMILES string of the molecule is CCNC1CCCC1N(CC)C1CC1. The van der Waals surface area contributed by atoms with E-state index in [1.807, 2.05) is 0 Å². The summed E-state index contributed by atoms with van der Waals surface area (Å²) >= 11 is 0. The number of hydrogen-bond donors (Lipinski definition) is 1. The zero-order valence-electron chi connectivity index (χ0n) is 9.63. The maximum absolute atomic E-state index is 3.65. The lowest BCUT2D eigenvalue weighted by Crippen LogP contribution is -2.47. The Morgan fingerprint density at radius 2 is 1.93 bits per heavy atom. The number of rotatable bonds is 5. The summed E-state index contributed by atoms with van der Waals surface area (Å²) in [4.78, 5) is 2.75. The van der Waals surface area contributed by atoms with Gasteiger partial charge < -0.3 is 5.32 Å². The van der Waals surface area contributed by atoms with Gasteiger partial charge in [0.2, 0.25) is 0 Å². The molecule has 2 saturated carbocycles. The molecule has 0 heterocycles. The van der Waals surface area contributed by atoms with Crippen molar-refractivity contribution in [2.24, 2.45) is 0 Å². The summed E-state index contributed by atoms with van der Waals surface area (Å²) in [6.45, 7) is 6.92. The summed E-state index contributed by atoms with van der Waals surface area (Å²) in [6, 6.07) is 2.55. The Bertz CT molecular complexity index is 177. The van der Waals surface area contributed by atoms with Crippen molar-refractivity contribution in [1.29, 1.82) is 0 Å². The highest BCUT2D eigenvalue weighted by atomic mass is 15.2. The van der Waals surface area contributed by atoms with E-state index in [1.54, 1.807) is 0 Å². The molecule has 2 nitrogen and oxygen atoms in total. The second-order valence-electron chi connectivity index (χ2n) is 4.72. The first kappa shape index (κ1) is 10.4. The monoisotopic (exact) mass is 196 g/mol. The lowest BCUT2D eigenvalue weighted by molar-refractivity contribution is 0.172. The van der Waals surface area contributed by atoms with Crippen LogP contribution in [-0.2, 0) is 0 Å². The summed E-state index contributed by atoms with van der Waals surface area (Å²) in [5.41, 5.74) is 0. The van der Waals surface area contributed by atoms with Crippen LogP contribution in [0.1, 0.15) is 46.0 Å². The van der Waals surface area contributed by atoms with E-state index in [2.05, 4.69) is 24.1 Å². The molecule has 2 heteroatoms. The lowest BCUT2D eigenvalue weighted by Gasteiger charge is -2.32. The number of nitrogens with one attached hydrogen (secondary N) is 1. The zero-order chi connectivity index (χ0) is 9.97. The van der Waals surface area contributed by atoms with Gasteiger partial charge in [0.15, 0.2) is 0 Å². The average molecular weight is 196 g/mol. The van der Waals surface area contributed by atoms with Crippen molar-refractivity contribution in [2.75, 3.05) is 13.1 Å². The molecule has 82 valence electrons. The molecule has 2 fully saturated rings. The van der Waals surface area contributed by atoms with Gasteiger partial charge in [0, 0.05) is 18.1 Å². The summed E-state index contributed by atoms with van der Waals surface area (Å²) in [5.74, 6) is 0. The van der Waals surface area contributed by atoms with E-state index in [-0.39, 0.29) is 0 Å². The van der Waals surface area contributed by atoms with E-state index >= 15 is 0 Å². The van der Waals surface area contributed by atoms with Gasteiger partial charge in [0.25, 0.3) is 0 Å². The van der Waals surface area contributed by atoms with Crippen LogP contribution in [0.5, 0.6) is 0 Å². The molecule has 1 N–H and O–H groups in total. The first-order valence-corrected chi connectivity index (χ1v) is 6.36. The molecule has 2 aliphatic rings. The lowest BCUT2D eigenvalue weighted by atomic mass is 10.1. The molecule has 14 heavy (non-hydrogen) atoms. The largest absolute Gasteiger partial charge is 0.313 e. The molecule has 0 spiro atoms. The molecule has 0 saturated heterocycles. The predicted octanol–water partition coefficient (Wildman–Crippen LogP) is 2.00. The highest BCUT2D eigenvalue weighted by molar-refractivity contribution is 4.96. The topological polar surface area (TPSA) is 15.3 Å². The first-order chi connectivity index (χ1) is 6.86. The Labute approximate surface area is 88.1 Å². The van der Waals surface area contributed by atoms with Crippen molar-refractivity contribution >= 4 is 0 Å². The highest BCUT2D eigenvalue weighted by Crippen LogP contribution is 2.34. The predicted molar refractivity (Wildman–Crippen MR) is 60.5 cm³/mol. The Morgan fingerprint density at radius 3 is 2.50 bits per heavy atom. The van der Waals surface area contributed by atoms with Crippen LogP contribution in [0.3, 0.4) is 0 Å². The van der Waals surface area contributed by atoms with Crippen molar-refractivity contribution < 1.29 is 0 Å². The van der Waals surface area contributed by atoms with E-state index in [9.17, 15) is 0 Å². The Morgan fingerprint density at radius 1 is 1.14 bits per heavy atom. The van der Waals surface area contributed by atoms with Crippen molar-refractivity contribution in [3.8, 4) is 0 Å². The number of nitrogens with zero attached hydrogens (tertiary/aromatic N) is 1. The van der Waals surface area contributed by atoms with Gasteiger partial charge in [0.1, 0.15) is 0 Å². The van der Waals surface area contributed by atoms with Gasteiger partial charge in [-0.1, -0.05) is 20.3 Å². The summed E-state index contributed by atoms with van der Waals surface area (Å²) in [6.07, 6.45) is 7.13. The Balaban J connectivity index is 1.92. The normalized spacial score (nSPS) is 32.8. The molecule has 0 bridgehead atoms. The summed E-state index contributed by atoms with van der Waals surface area (Å²) in [5, 5.41) is 3.65. The average Bonchev–Trinajstić information content (AvgIpc) is 2.91. The standard InChI is InChI=1S/C12H24N2/c1-3-13-11-6-5-7-12(11)14(4-2)10-8-9-10/h10-13H,3-9H2,1-2H3. The van der Waals surface area contributed by atoms with E-state index < -0.39 is 0 Å². The Hall–Kier alpha value is -0.0800. The third-order valence-electron chi connectivity index (χ3n) is 3.75. The minimum atomic E-state index is 0.778. The first-order valence-electron chi connectivity index (χ1n) is 6.36. The van der Waals surface area contributed by atoms with E-state index in [4.69, 9.17) is 0 Å². The van der Waals surface area contributed by atoms with Gasteiger partial charge in [-0.05, 0) is 38.8 Å². The number of hydrogen-bond acceptors (Lipinski definition) is 2. The van der Waals surface area contributed by atoms with Crippen LogP contribution >= 0.6 is 0 Å². The van der Waals surface area contributed by atoms with Gasteiger partial charge in [-0.2, -0.15) is 0 Å². The minimum absolute atomic E-state index is 0.778. The van der Waals surface area contributed by atoms with Crippen LogP contribution in [-0.4, -0.2) is 36.1 Å². The van der Waals surface area contributed by atoms with E-state index in [0.717, 1.165) is 24.7 Å².